The smallest absolute Gasteiger partial charge is 0.306 e. The lowest BCUT2D eigenvalue weighted by Crippen LogP contribution is -2.36. The summed E-state index contributed by atoms with van der Waals surface area (Å²) in [4.78, 5) is 11.1. The molecule has 1 aromatic carbocycles. The van der Waals surface area contributed by atoms with E-state index >= 15 is 0 Å². The molecule has 22 heavy (non-hydrogen) atoms. The van der Waals surface area contributed by atoms with Gasteiger partial charge in [-0.25, -0.2) is 8.78 Å². The van der Waals surface area contributed by atoms with E-state index in [9.17, 15) is 13.6 Å². The first kappa shape index (κ1) is 15.3. The summed E-state index contributed by atoms with van der Waals surface area (Å²) in [6, 6.07) is 4.69. The lowest BCUT2D eigenvalue weighted by Gasteiger charge is -2.37. The number of hydrogen-bond acceptors (Lipinski definition) is 2. The van der Waals surface area contributed by atoms with Crippen molar-refractivity contribution in [3.63, 3.8) is 0 Å². The van der Waals surface area contributed by atoms with Crippen LogP contribution in [0.25, 0.3) is 0 Å². The van der Waals surface area contributed by atoms with E-state index in [4.69, 9.17) is 9.84 Å². The van der Waals surface area contributed by atoms with Crippen LogP contribution in [-0.4, -0.2) is 17.7 Å². The highest BCUT2D eigenvalue weighted by atomic mass is 19.3. The third kappa shape index (κ3) is 2.46. The number of benzene rings is 1. The molecule has 0 unspecified atom stereocenters. The third-order valence-electron chi connectivity index (χ3n) is 5.42. The zero-order valence-electron chi connectivity index (χ0n) is 12.5. The minimum Gasteiger partial charge on any atom is -0.492 e. The fraction of sp³-hybridized carbons (Fsp3) is 0.588. The van der Waals surface area contributed by atoms with E-state index < -0.39 is 12.4 Å². The second-order valence-electron chi connectivity index (χ2n) is 6.59. The van der Waals surface area contributed by atoms with Crippen molar-refractivity contribution in [1.82, 2.24) is 0 Å². The summed E-state index contributed by atoms with van der Waals surface area (Å²) in [5, 5.41) is 9.14. The largest absolute Gasteiger partial charge is 0.492 e. The molecule has 1 saturated carbocycles. The van der Waals surface area contributed by atoms with E-state index in [1.807, 2.05) is 0 Å². The average Bonchev–Trinajstić information content (AvgIpc) is 2.85. The summed E-state index contributed by atoms with van der Waals surface area (Å²) in [5.74, 6) is -0.319. The highest BCUT2D eigenvalue weighted by molar-refractivity contribution is 5.69. The molecule has 1 fully saturated rings. The van der Waals surface area contributed by atoms with Crippen LogP contribution in [0, 0.1) is 11.8 Å². The minimum absolute atomic E-state index is 0.0102. The van der Waals surface area contributed by atoms with Crippen molar-refractivity contribution in [2.45, 2.75) is 44.4 Å². The quantitative estimate of drug-likeness (QED) is 0.911. The maximum atomic E-state index is 12.8. The Balaban J connectivity index is 1.78. The van der Waals surface area contributed by atoms with Crippen LogP contribution in [0.1, 0.15) is 50.2 Å². The zero-order chi connectivity index (χ0) is 15.9. The van der Waals surface area contributed by atoms with Gasteiger partial charge in [0.15, 0.2) is 0 Å². The van der Waals surface area contributed by atoms with Gasteiger partial charge >= 0.3 is 5.97 Å². The Kier molecular flexibility index (Phi) is 3.83. The van der Waals surface area contributed by atoms with Gasteiger partial charge in [-0.05, 0) is 37.7 Å². The number of halogens is 2. The van der Waals surface area contributed by atoms with Gasteiger partial charge in [0.25, 0.3) is 6.43 Å². The molecule has 1 atom stereocenters. The predicted octanol–water partition coefficient (Wildman–Crippen LogP) is 4.17. The standard InChI is InChI=1S/C17H20F2O3/c1-10(16(20)21)11-4-6-17(7-5-11)9-22-14-8-12(15(18)19)2-3-13(14)17/h2-3,8,10-11,15H,4-7,9H2,1H3,(H,20,21)/t10-,11?,17?/m0/s1. The fourth-order valence-electron chi connectivity index (χ4n) is 3.83. The number of fused-ring (bicyclic) bond motifs is 2. The van der Waals surface area contributed by atoms with Gasteiger partial charge in [0.2, 0.25) is 0 Å². The van der Waals surface area contributed by atoms with Gasteiger partial charge < -0.3 is 9.84 Å². The van der Waals surface area contributed by atoms with Crippen molar-refractivity contribution < 1.29 is 23.4 Å². The molecular weight excluding hydrogens is 290 g/mol. The van der Waals surface area contributed by atoms with Crippen LogP contribution < -0.4 is 4.74 Å². The van der Waals surface area contributed by atoms with E-state index in [0.29, 0.717) is 12.4 Å². The SMILES string of the molecule is C[C@H](C(=O)O)C1CCC2(CC1)COc1cc(C(F)F)ccc12. The van der Waals surface area contributed by atoms with E-state index in [2.05, 4.69) is 0 Å². The van der Waals surface area contributed by atoms with Crippen molar-refractivity contribution >= 4 is 5.97 Å². The highest BCUT2D eigenvalue weighted by Crippen LogP contribution is 2.50. The molecule has 0 aromatic heterocycles. The molecular formula is C17H20F2O3. The molecule has 3 nitrogen and oxygen atoms in total. The number of carboxylic acid groups (broad SMARTS) is 1. The number of aliphatic carboxylic acids is 1. The number of alkyl halides is 2. The molecule has 1 heterocycles. The van der Waals surface area contributed by atoms with Crippen molar-refractivity contribution in [3.05, 3.63) is 29.3 Å². The Hall–Kier alpha value is -1.65. The maximum Gasteiger partial charge on any atom is 0.306 e. The van der Waals surface area contributed by atoms with E-state index in [1.54, 1.807) is 13.0 Å². The number of rotatable bonds is 3. The van der Waals surface area contributed by atoms with Crippen LogP contribution in [0.3, 0.4) is 0 Å². The number of carbonyl (C=O) groups is 1. The number of hydrogen-bond donors (Lipinski definition) is 1. The van der Waals surface area contributed by atoms with Crippen molar-refractivity contribution in [2.75, 3.05) is 6.61 Å². The average molecular weight is 310 g/mol. The monoisotopic (exact) mass is 310 g/mol. The molecule has 1 spiro atoms. The number of carboxylic acids is 1. The molecule has 0 amide bonds. The van der Waals surface area contributed by atoms with Crippen LogP contribution in [0.15, 0.2) is 18.2 Å². The molecule has 2 aliphatic rings. The summed E-state index contributed by atoms with van der Waals surface area (Å²) in [6.07, 6.45) is 0.907. The van der Waals surface area contributed by atoms with Gasteiger partial charge in [0, 0.05) is 16.5 Å². The van der Waals surface area contributed by atoms with Crippen LogP contribution >= 0.6 is 0 Å². The van der Waals surface area contributed by atoms with E-state index in [0.717, 1.165) is 31.2 Å². The molecule has 120 valence electrons. The molecule has 5 heteroatoms. The predicted molar refractivity (Wildman–Crippen MR) is 77.3 cm³/mol. The van der Waals surface area contributed by atoms with Crippen molar-refractivity contribution in [3.8, 4) is 5.75 Å². The Bertz CT molecular complexity index is 577. The highest BCUT2D eigenvalue weighted by Gasteiger charge is 2.44. The first-order valence-electron chi connectivity index (χ1n) is 7.71. The van der Waals surface area contributed by atoms with Gasteiger partial charge in [0.05, 0.1) is 12.5 Å². The molecule has 1 N–H and O–H groups in total. The first-order valence-corrected chi connectivity index (χ1v) is 7.71. The normalized spacial score (nSPS) is 28.5. The van der Waals surface area contributed by atoms with Gasteiger partial charge in [-0.15, -0.1) is 0 Å². The Morgan fingerprint density at radius 1 is 1.36 bits per heavy atom. The molecule has 3 rings (SSSR count). The fourth-order valence-corrected chi connectivity index (χ4v) is 3.83. The van der Waals surface area contributed by atoms with E-state index in [1.165, 1.54) is 12.1 Å². The summed E-state index contributed by atoms with van der Waals surface area (Å²) >= 11 is 0. The van der Waals surface area contributed by atoms with Crippen LogP contribution in [0.5, 0.6) is 5.75 Å². The number of ether oxygens (including phenoxy) is 1. The van der Waals surface area contributed by atoms with E-state index in [-0.39, 0.29) is 22.8 Å². The summed E-state index contributed by atoms with van der Waals surface area (Å²) in [6.45, 7) is 2.28. The second kappa shape index (κ2) is 5.52. The van der Waals surface area contributed by atoms with Crippen LogP contribution in [-0.2, 0) is 10.2 Å². The second-order valence-corrected chi connectivity index (χ2v) is 6.59. The Morgan fingerprint density at radius 2 is 2.05 bits per heavy atom. The Morgan fingerprint density at radius 3 is 2.64 bits per heavy atom. The summed E-state index contributed by atoms with van der Waals surface area (Å²) < 4.78 is 31.2. The molecule has 0 bridgehead atoms. The third-order valence-corrected chi connectivity index (χ3v) is 5.42. The first-order chi connectivity index (χ1) is 10.4. The van der Waals surface area contributed by atoms with Gasteiger partial charge in [-0.2, -0.15) is 0 Å². The minimum atomic E-state index is -2.49. The molecule has 1 aliphatic heterocycles. The van der Waals surface area contributed by atoms with Gasteiger partial charge in [-0.3, -0.25) is 4.79 Å². The molecule has 0 radical (unpaired) electrons. The topological polar surface area (TPSA) is 46.5 Å². The van der Waals surface area contributed by atoms with Crippen molar-refractivity contribution in [2.24, 2.45) is 11.8 Å². The maximum absolute atomic E-state index is 12.8. The molecule has 1 aromatic rings. The van der Waals surface area contributed by atoms with Gasteiger partial charge in [0.1, 0.15) is 5.75 Å². The van der Waals surface area contributed by atoms with Crippen molar-refractivity contribution in [1.29, 1.82) is 0 Å². The summed E-state index contributed by atoms with van der Waals surface area (Å²) in [7, 11) is 0. The van der Waals surface area contributed by atoms with Crippen LogP contribution in [0.4, 0.5) is 8.78 Å². The molecule has 1 aliphatic carbocycles. The Labute approximate surface area is 128 Å². The van der Waals surface area contributed by atoms with Gasteiger partial charge in [-0.1, -0.05) is 19.1 Å². The van der Waals surface area contributed by atoms with Crippen LogP contribution in [0.2, 0.25) is 0 Å². The molecule has 0 saturated heterocycles. The summed E-state index contributed by atoms with van der Waals surface area (Å²) in [5.41, 5.74) is 0.882. The lowest BCUT2D eigenvalue weighted by atomic mass is 9.65. The zero-order valence-corrected chi connectivity index (χ0v) is 12.5. The lowest BCUT2D eigenvalue weighted by molar-refractivity contribution is -0.143.